The van der Waals surface area contributed by atoms with Gasteiger partial charge in [0.15, 0.2) is 0 Å². The molecule has 2 aliphatic rings. The maximum Gasteiger partial charge on any atom is 0.494 e. The minimum Gasteiger partial charge on any atom is -0.399 e. The molecule has 132 valence electrons. The van der Waals surface area contributed by atoms with Crippen LogP contribution in [0.15, 0.2) is 18.2 Å². The van der Waals surface area contributed by atoms with Crippen LogP contribution in [0, 0.1) is 0 Å². The Morgan fingerprint density at radius 3 is 2.33 bits per heavy atom. The lowest BCUT2D eigenvalue weighted by molar-refractivity contribution is 0.00578. The lowest BCUT2D eigenvalue weighted by Gasteiger charge is -2.36. The molecule has 1 aromatic carbocycles. The highest BCUT2D eigenvalue weighted by atomic mass is 16.7. The Morgan fingerprint density at radius 1 is 1.04 bits per heavy atom. The standard InChI is InChI=1S/C21H33BO2/c1-7-8-13-21(6)14-9-10-16-15-17(11-12-18(16)21)22-23-19(2,3)20(4,5)24-22/h11-12,15H,7-10,13-14H2,1-6H3. The first-order chi connectivity index (χ1) is 11.2. The normalized spacial score (nSPS) is 28.0. The molecule has 1 fully saturated rings. The van der Waals surface area contributed by atoms with Gasteiger partial charge in [0.2, 0.25) is 0 Å². The number of hydrogen-bond acceptors (Lipinski definition) is 2. The van der Waals surface area contributed by atoms with E-state index < -0.39 is 0 Å². The summed E-state index contributed by atoms with van der Waals surface area (Å²) in [5.74, 6) is 0. The maximum absolute atomic E-state index is 6.24. The first kappa shape index (κ1) is 18.0. The first-order valence-electron chi connectivity index (χ1n) is 9.67. The average molecular weight is 328 g/mol. The summed E-state index contributed by atoms with van der Waals surface area (Å²) in [4.78, 5) is 0. The van der Waals surface area contributed by atoms with E-state index in [1.807, 2.05) is 0 Å². The van der Waals surface area contributed by atoms with Gasteiger partial charge in [-0.25, -0.2) is 0 Å². The van der Waals surface area contributed by atoms with Crippen molar-refractivity contribution in [2.45, 2.75) is 96.7 Å². The summed E-state index contributed by atoms with van der Waals surface area (Å²) in [6.45, 7) is 13.2. The van der Waals surface area contributed by atoms with Crippen LogP contribution in [0.5, 0.6) is 0 Å². The Balaban J connectivity index is 1.87. The van der Waals surface area contributed by atoms with Gasteiger partial charge in [-0.3, -0.25) is 0 Å². The molecule has 1 unspecified atom stereocenters. The molecule has 0 amide bonds. The number of hydrogen-bond donors (Lipinski definition) is 0. The molecule has 0 bridgehead atoms. The van der Waals surface area contributed by atoms with Crippen molar-refractivity contribution in [1.82, 2.24) is 0 Å². The molecular formula is C21H33BO2. The SMILES string of the molecule is CCCCC1(C)CCCc2cc(B3OC(C)(C)C(C)(C)O3)ccc21. The fourth-order valence-corrected chi connectivity index (χ4v) is 4.17. The summed E-state index contributed by atoms with van der Waals surface area (Å²) in [5.41, 5.74) is 4.03. The van der Waals surface area contributed by atoms with E-state index in [1.54, 1.807) is 5.56 Å². The first-order valence-corrected chi connectivity index (χ1v) is 9.67. The Kier molecular flexibility index (Phi) is 4.64. The van der Waals surface area contributed by atoms with Crippen molar-refractivity contribution in [2.75, 3.05) is 0 Å². The Labute approximate surface area is 148 Å². The third-order valence-corrected chi connectivity index (χ3v) is 6.56. The number of unbranched alkanes of at least 4 members (excludes halogenated alkanes) is 1. The van der Waals surface area contributed by atoms with Crippen LogP contribution in [0.4, 0.5) is 0 Å². The van der Waals surface area contributed by atoms with Crippen LogP contribution in [0.1, 0.15) is 84.8 Å². The second-order valence-corrected chi connectivity index (χ2v) is 9.02. The third kappa shape index (κ3) is 3.06. The van der Waals surface area contributed by atoms with E-state index in [0.717, 1.165) is 0 Å². The molecule has 0 N–H and O–H groups in total. The van der Waals surface area contributed by atoms with E-state index in [4.69, 9.17) is 9.31 Å². The number of benzene rings is 1. The molecule has 24 heavy (non-hydrogen) atoms. The Morgan fingerprint density at radius 2 is 1.71 bits per heavy atom. The molecule has 1 aliphatic heterocycles. The smallest absolute Gasteiger partial charge is 0.399 e. The molecule has 1 saturated heterocycles. The summed E-state index contributed by atoms with van der Waals surface area (Å²) >= 11 is 0. The molecule has 1 heterocycles. The molecule has 3 heteroatoms. The van der Waals surface area contributed by atoms with E-state index in [2.05, 4.69) is 59.7 Å². The second kappa shape index (κ2) is 6.18. The zero-order valence-corrected chi connectivity index (χ0v) is 16.4. The van der Waals surface area contributed by atoms with Gasteiger partial charge >= 0.3 is 7.12 Å². The van der Waals surface area contributed by atoms with Gasteiger partial charge in [0.25, 0.3) is 0 Å². The summed E-state index contributed by atoms with van der Waals surface area (Å²) in [6, 6.07) is 6.93. The zero-order valence-electron chi connectivity index (χ0n) is 16.4. The fraction of sp³-hybridized carbons (Fsp3) is 0.714. The van der Waals surface area contributed by atoms with Crippen LogP contribution in [0.25, 0.3) is 0 Å². The Hall–Kier alpha value is -0.795. The molecule has 0 spiro atoms. The van der Waals surface area contributed by atoms with Crippen molar-refractivity contribution < 1.29 is 9.31 Å². The highest BCUT2D eigenvalue weighted by Crippen LogP contribution is 2.41. The lowest BCUT2D eigenvalue weighted by Crippen LogP contribution is -2.41. The van der Waals surface area contributed by atoms with Gasteiger partial charge in [0.1, 0.15) is 0 Å². The monoisotopic (exact) mass is 328 g/mol. The second-order valence-electron chi connectivity index (χ2n) is 9.02. The summed E-state index contributed by atoms with van der Waals surface area (Å²) in [6.07, 6.45) is 7.68. The number of rotatable bonds is 4. The van der Waals surface area contributed by atoms with Crippen LogP contribution in [0.2, 0.25) is 0 Å². The van der Waals surface area contributed by atoms with Crippen molar-refractivity contribution in [3.05, 3.63) is 29.3 Å². The van der Waals surface area contributed by atoms with Crippen LogP contribution in [0.3, 0.4) is 0 Å². The van der Waals surface area contributed by atoms with Gasteiger partial charge in [0, 0.05) is 0 Å². The Bertz CT molecular complexity index is 592. The third-order valence-electron chi connectivity index (χ3n) is 6.56. The molecule has 1 aromatic rings. The van der Waals surface area contributed by atoms with E-state index in [0.29, 0.717) is 5.41 Å². The van der Waals surface area contributed by atoms with E-state index >= 15 is 0 Å². The minimum absolute atomic E-state index is 0.246. The molecule has 0 radical (unpaired) electrons. The zero-order chi connectivity index (χ0) is 17.6. The van der Waals surface area contributed by atoms with Crippen LogP contribution in [-0.4, -0.2) is 18.3 Å². The van der Waals surface area contributed by atoms with Crippen molar-refractivity contribution in [2.24, 2.45) is 0 Å². The predicted molar refractivity (Wildman–Crippen MR) is 102 cm³/mol. The van der Waals surface area contributed by atoms with Gasteiger partial charge in [-0.15, -0.1) is 0 Å². The van der Waals surface area contributed by atoms with Gasteiger partial charge in [-0.1, -0.05) is 44.9 Å². The van der Waals surface area contributed by atoms with Crippen molar-refractivity contribution in [1.29, 1.82) is 0 Å². The molecule has 1 atom stereocenters. The van der Waals surface area contributed by atoms with Crippen LogP contribution < -0.4 is 5.46 Å². The van der Waals surface area contributed by atoms with Gasteiger partial charge in [-0.05, 0) is 75.4 Å². The maximum atomic E-state index is 6.24. The molecule has 2 nitrogen and oxygen atoms in total. The highest BCUT2D eigenvalue weighted by Gasteiger charge is 2.51. The molecule has 1 aliphatic carbocycles. The fourth-order valence-electron chi connectivity index (χ4n) is 4.17. The quantitative estimate of drug-likeness (QED) is 0.741. The highest BCUT2D eigenvalue weighted by molar-refractivity contribution is 6.62. The number of aryl methyl sites for hydroxylation is 1. The van der Waals surface area contributed by atoms with Gasteiger partial charge in [0.05, 0.1) is 11.2 Å². The van der Waals surface area contributed by atoms with E-state index in [1.165, 1.54) is 49.6 Å². The van der Waals surface area contributed by atoms with E-state index in [-0.39, 0.29) is 18.3 Å². The summed E-state index contributed by atoms with van der Waals surface area (Å²) < 4.78 is 12.5. The lowest BCUT2D eigenvalue weighted by atomic mass is 9.66. The summed E-state index contributed by atoms with van der Waals surface area (Å²) in [5, 5.41) is 0. The van der Waals surface area contributed by atoms with Gasteiger partial charge < -0.3 is 9.31 Å². The topological polar surface area (TPSA) is 18.5 Å². The minimum atomic E-state index is -0.275. The van der Waals surface area contributed by atoms with Crippen molar-refractivity contribution in [3.8, 4) is 0 Å². The van der Waals surface area contributed by atoms with E-state index in [9.17, 15) is 0 Å². The molecule has 0 aromatic heterocycles. The predicted octanol–water partition coefficient (Wildman–Crippen LogP) is 4.77. The molecular weight excluding hydrogens is 295 g/mol. The average Bonchev–Trinajstić information content (AvgIpc) is 2.73. The van der Waals surface area contributed by atoms with Crippen LogP contribution >= 0.6 is 0 Å². The van der Waals surface area contributed by atoms with Crippen molar-refractivity contribution in [3.63, 3.8) is 0 Å². The molecule has 0 saturated carbocycles. The largest absolute Gasteiger partial charge is 0.494 e. The summed E-state index contributed by atoms with van der Waals surface area (Å²) in [7, 11) is -0.246. The van der Waals surface area contributed by atoms with Crippen molar-refractivity contribution >= 4 is 12.6 Å². The van der Waals surface area contributed by atoms with Crippen LogP contribution in [-0.2, 0) is 21.1 Å². The number of fused-ring (bicyclic) bond motifs is 1. The molecule has 3 rings (SSSR count). The van der Waals surface area contributed by atoms with Gasteiger partial charge in [-0.2, -0.15) is 0 Å².